The lowest BCUT2D eigenvalue weighted by Gasteiger charge is -2.20. The maximum atomic E-state index is 12.9. The van der Waals surface area contributed by atoms with Crippen molar-refractivity contribution in [2.75, 3.05) is 16.8 Å². The second-order valence-electron chi connectivity index (χ2n) is 7.05. The van der Waals surface area contributed by atoms with Crippen LogP contribution in [0.1, 0.15) is 11.1 Å². The highest BCUT2D eigenvalue weighted by Gasteiger charge is 2.55. The summed E-state index contributed by atoms with van der Waals surface area (Å²) in [5.74, 6) is -1.28. The van der Waals surface area contributed by atoms with Gasteiger partial charge in [0.2, 0.25) is 5.91 Å². The first-order chi connectivity index (χ1) is 13.8. The van der Waals surface area contributed by atoms with Gasteiger partial charge in [-0.15, -0.1) is 0 Å². The number of amides is 3. The number of nitrogens with one attached hydrogen (secondary N) is 1. The predicted molar refractivity (Wildman–Crippen MR) is 108 cm³/mol. The van der Waals surface area contributed by atoms with Gasteiger partial charge in [-0.3, -0.25) is 19.4 Å². The number of benzene rings is 2. The van der Waals surface area contributed by atoms with Gasteiger partial charge in [0.1, 0.15) is 6.54 Å². The Morgan fingerprint density at radius 3 is 2.52 bits per heavy atom. The molecule has 0 aliphatic carbocycles. The number of fused-ring (bicyclic) bond motifs is 1. The van der Waals surface area contributed by atoms with Crippen LogP contribution in [0.5, 0.6) is 0 Å². The molecule has 1 fully saturated rings. The monoisotopic (exact) mass is 411 g/mol. The molecule has 2 aromatic carbocycles. The van der Waals surface area contributed by atoms with Gasteiger partial charge in [-0.05, 0) is 49.7 Å². The van der Waals surface area contributed by atoms with E-state index in [2.05, 4.69) is 15.7 Å². The quantitative estimate of drug-likeness (QED) is 0.782. The fourth-order valence-electron chi connectivity index (χ4n) is 3.49. The number of carbonyl (C=O) groups is 3. The summed E-state index contributed by atoms with van der Waals surface area (Å²) in [7, 11) is 0. The molecule has 2 heterocycles. The molecule has 4 rings (SSSR count). The highest BCUT2D eigenvalue weighted by molar-refractivity contribution is 6.31. The fourth-order valence-corrected chi connectivity index (χ4v) is 3.62. The molecule has 0 aromatic heterocycles. The van der Waals surface area contributed by atoms with E-state index in [9.17, 15) is 14.4 Å². The summed E-state index contributed by atoms with van der Waals surface area (Å²) >= 11 is 5.88. The Morgan fingerprint density at radius 1 is 1.10 bits per heavy atom. The van der Waals surface area contributed by atoms with Crippen LogP contribution in [0, 0.1) is 13.8 Å². The van der Waals surface area contributed by atoms with Crippen molar-refractivity contribution < 1.29 is 14.4 Å². The summed E-state index contributed by atoms with van der Waals surface area (Å²) in [6.07, 6.45) is 0. The maximum Gasteiger partial charge on any atom is 0.263 e. The van der Waals surface area contributed by atoms with Crippen molar-refractivity contribution >= 4 is 40.7 Å². The molecule has 2 aliphatic heterocycles. The third-order valence-electron chi connectivity index (χ3n) is 4.90. The lowest BCUT2D eigenvalue weighted by atomic mass is 10.1. The van der Waals surface area contributed by atoms with E-state index in [1.165, 1.54) is 5.01 Å². The van der Waals surface area contributed by atoms with Crippen LogP contribution in [0.15, 0.2) is 52.8 Å². The van der Waals surface area contributed by atoms with Gasteiger partial charge in [-0.25, -0.2) is 4.90 Å². The van der Waals surface area contributed by atoms with Gasteiger partial charge in [0.25, 0.3) is 11.8 Å². The first-order valence-electron chi connectivity index (χ1n) is 9.03. The summed E-state index contributed by atoms with van der Waals surface area (Å²) in [5, 5.41) is 12.4. The fraction of sp³-hybridized carbons (Fsp3) is 0.250. The number of hydrogen-bond acceptors (Lipinski definition) is 6. The third-order valence-corrected chi connectivity index (χ3v) is 5.16. The zero-order valence-corrected chi connectivity index (χ0v) is 16.6. The lowest BCUT2D eigenvalue weighted by Crippen LogP contribution is -2.43. The molecule has 29 heavy (non-hydrogen) atoms. The van der Waals surface area contributed by atoms with Crippen molar-refractivity contribution in [2.24, 2.45) is 10.3 Å². The SMILES string of the molecule is Cc1ccc(NC(=O)CN2N=N[C@H]3C(=O)N(c4ccc(Cl)cc4)C(=O)[C@H]32)c(C)c1. The Bertz CT molecular complexity index is 1040. The predicted octanol–water partition coefficient (Wildman–Crippen LogP) is 2.89. The summed E-state index contributed by atoms with van der Waals surface area (Å²) < 4.78 is 0. The summed E-state index contributed by atoms with van der Waals surface area (Å²) in [5.41, 5.74) is 3.12. The molecule has 2 aliphatic rings. The third kappa shape index (κ3) is 3.47. The number of carbonyl (C=O) groups excluding carboxylic acids is 3. The van der Waals surface area contributed by atoms with Gasteiger partial charge in [0.05, 0.1) is 5.69 Å². The molecule has 2 atom stereocenters. The van der Waals surface area contributed by atoms with E-state index in [4.69, 9.17) is 11.6 Å². The second-order valence-corrected chi connectivity index (χ2v) is 7.48. The molecule has 0 saturated carbocycles. The normalized spacial score (nSPS) is 20.4. The standard InChI is InChI=1S/C20H18ClN5O3/c1-11-3-8-15(12(2)9-11)22-16(27)10-25-18-17(23-24-25)19(28)26(20(18)29)14-6-4-13(21)5-7-14/h3-9,17-18H,10H2,1-2H3,(H,22,27)/t17-,18+/m1/s1. The number of hydrogen-bond donors (Lipinski definition) is 1. The maximum absolute atomic E-state index is 12.9. The first kappa shape index (κ1) is 19.1. The van der Waals surface area contributed by atoms with Crippen molar-refractivity contribution in [3.05, 3.63) is 58.6 Å². The van der Waals surface area contributed by atoms with Crippen molar-refractivity contribution in [1.82, 2.24) is 5.01 Å². The average Bonchev–Trinajstić information content (AvgIpc) is 3.19. The Morgan fingerprint density at radius 2 is 1.83 bits per heavy atom. The number of rotatable bonds is 4. The average molecular weight is 412 g/mol. The summed E-state index contributed by atoms with van der Waals surface area (Å²) in [6.45, 7) is 3.68. The first-order valence-corrected chi connectivity index (χ1v) is 9.41. The lowest BCUT2D eigenvalue weighted by molar-refractivity contribution is -0.123. The second kappa shape index (κ2) is 7.29. The van der Waals surface area contributed by atoms with Crippen molar-refractivity contribution in [2.45, 2.75) is 25.9 Å². The van der Waals surface area contributed by atoms with E-state index < -0.39 is 23.9 Å². The molecule has 0 radical (unpaired) electrons. The van der Waals surface area contributed by atoms with E-state index in [1.807, 2.05) is 32.0 Å². The molecule has 2 aromatic rings. The topological polar surface area (TPSA) is 94.4 Å². The number of halogens is 1. The van der Waals surface area contributed by atoms with Crippen LogP contribution in [0.3, 0.4) is 0 Å². The van der Waals surface area contributed by atoms with Gasteiger partial charge in [0, 0.05) is 10.7 Å². The number of imide groups is 1. The molecule has 1 N–H and O–H groups in total. The Labute approximate surface area is 172 Å². The van der Waals surface area contributed by atoms with Crippen LogP contribution < -0.4 is 10.2 Å². The van der Waals surface area contributed by atoms with Gasteiger partial charge < -0.3 is 5.32 Å². The zero-order chi connectivity index (χ0) is 20.7. The number of anilines is 2. The molecule has 0 bridgehead atoms. The van der Waals surface area contributed by atoms with E-state index >= 15 is 0 Å². The Hall–Kier alpha value is -3.26. The van der Waals surface area contributed by atoms with Gasteiger partial charge in [-0.1, -0.05) is 34.5 Å². The zero-order valence-electron chi connectivity index (χ0n) is 15.8. The van der Waals surface area contributed by atoms with Crippen LogP contribution in [0.25, 0.3) is 0 Å². The Balaban J connectivity index is 1.49. The van der Waals surface area contributed by atoms with Crippen LogP contribution >= 0.6 is 11.6 Å². The number of nitrogens with zero attached hydrogens (tertiary/aromatic N) is 4. The summed E-state index contributed by atoms with van der Waals surface area (Å²) in [6, 6.07) is 10.2. The van der Waals surface area contributed by atoms with Gasteiger partial charge >= 0.3 is 0 Å². The molecule has 9 heteroatoms. The Kier molecular flexibility index (Phi) is 4.79. The molecular weight excluding hydrogens is 394 g/mol. The molecule has 3 amide bonds. The minimum atomic E-state index is -0.952. The molecular formula is C20H18ClN5O3. The van der Waals surface area contributed by atoms with Crippen LogP contribution in [-0.2, 0) is 14.4 Å². The van der Waals surface area contributed by atoms with E-state index in [1.54, 1.807) is 24.3 Å². The smallest absolute Gasteiger partial charge is 0.263 e. The molecule has 8 nitrogen and oxygen atoms in total. The van der Waals surface area contributed by atoms with Crippen LogP contribution in [0.4, 0.5) is 11.4 Å². The molecule has 148 valence electrons. The van der Waals surface area contributed by atoms with Crippen molar-refractivity contribution in [1.29, 1.82) is 0 Å². The largest absolute Gasteiger partial charge is 0.324 e. The minimum Gasteiger partial charge on any atom is -0.324 e. The van der Waals surface area contributed by atoms with Crippen LogP contribution in [-0.4, -0.2) is 41.4 Å². The molecule has 0 spiro atoms. The molecule has 1 saturated heterocycles. The van der Waals surface area contributed by atoms with E-state index in [0.29, 0.717) is 16.4 Å². The van der Waals surface area contributed by atoms with Crippen molar-refractivity contribution in [3.8, 4) is 0 Å². The van der Waals surface area contributed by atoms with E-state index in [-0.39, 0.29) is 12.5 Å². The van der Waals surface area contributed by atoms with Crippen molar-refractivity contribution in [3.63, 3.8) is 0 Å². The van der Waals surface area contributed by atoms with E-state index in [0.717, 1.165) is 16.0 Å². The van der Waals surface area contributed by atoms with Gasteiger partial charge in [-0.2, -0.15) is 5.11 Å². The summed E-state index contributed by atoms with van der Waals surface area (Å²) in [4.78, 5) is 39.1. The van der Waals surface area contributed by atoms with Gasteiger partial charge in [0.15, 0.2) is 12.1 Å². The molecule has 0 unspecified atom stereocenters. The highest BCUT2D eigenvalue weighted by atomic mass is 35.5. The minimum absolute atomic E-state index is 0.189. The highest BCUT2D eigenvalue weighted by Crippen LogP contribution is 2.32. The number of aryl methyl sites for hydroxylation is 2. The van der Waals surface area contributed by atoms with Crippen LogP contribution in [0.2, 0.25) is 5.02 Å².